The highest BCUT2D eigenvalue weighted by Crippen LogP contribution is 2.20. The number of nitrogens with zero attached hydrogens (tertiary/aromatic N) is 1. The van der Waals surface area contributed by atoms with Crippen LogP contribution in [0.5, 0.6) is 0 Å². The molecule has 1 amide bonds. The van der Waals surface area contributed by atoms with Crippen molar-refractivity contribution >= 4 is 23.2 Å². The maximum Gasteiger partial charge on any atom is 0.238 e. The highest BCUT2D eigenvalue weighted by Gasteiger charge is 2.23. The minimum Gasteiger partial charge on any atom is -0.396 e. The summed E-state index contributed by atoms with van der Waals surface area (Å²) >= 11 is 5.92. The second-order valence-corrected chi connectivity index (χ2v) is 5.52. The van der Waals surface area contributed by atoms with Gasteiger partial charge in [0.1, 0.15) is 0 Å². The zero-order valence-corrected chi connectivity index (χ0v) is 11.8. The number of halogens is 1. The molecule has 1 unspecified atom stereocenters. The summed E-state index contributed by atoms with van der Waals surface area (Å²) in [6.07, 6.45) is 0.958. The number of carbonyl (C=O) groups excluding carboxylic acids is 1. The van der Waals surface area contributed by atoms with Crippen LogP contribution in [0.25, 0.3) is 0 Å². The van der Waals surface area contributed by atoms with Crippen LogP contribution in [-0.2, 0) is 4.79 Å². The van der Waals surface area contributed by atoms with E-state index in [1.165, 1.54) is 0 Å². The van der Waals surface area contributed by atoms with E-state index in [0.717, 1.165) is 30.8 Å². The van der Waals surface area contributed by atoms with Crippen LogP contribution >= 0.6 is 11.6 Å². The zero-order chi connectivity index (χ0) is 13.8. The molecule has 5 heteroatoms. The number of hydrogen-bond acceptors (Lipinski definition) is 3. The van der Waals surface area contributed by atoms with E-state index in [9.17, 15) is 4.79 Å². The van der Waals surface area contributed by atoms with Crippen LogP contribution in [0.2, 0.25) is 5.02 Å². The fourth-order valence-corrected chi connectivity index (χ4v) is 2.50. The topological polar surface area (TPSA) is 52.6 Å². The van der Waals surface area contributed by atoms with Gasteiger partial charge in [0, 0.05) is 23.9 Å². The van der Waals surface area contributed by atoms with Crippen molar-refractivity contribution < 1.29 is 9.90 Å². The third-order valence-corrected chi connectivity index (χ3v) is 3.70. The second-order valence-electron chi connectivity index (χ2n) is 5.08. The largest absolute Gasteiger partial charge is 0.396 e. The predicted octanol–water partition coefficient (Wildman–Crippen LogP) is 1.90. The first-order valence-corrected chi connectivity index (χ1v) is 6.85. The third kappa shape index (κ3) is 3.93. The number of nitrogens with one attached hydrogen (secondary N) is 1. The smallest absolute Gasteiger partial charge is 0.238 e. The number of aryl methyl sites for hydroxylation is 1. The summed E-state index contributed by atoms with van der Waals surface area (Å²) < 4.78 is 0. The van der Waals surface area contributed by atoms with Crippen LogP contribution in [-0.4, -0.2) is 42.2 Å². The average molecular weight is 283 g/mol. The van der Waals surface area contributed by atoms with Crippen LogP contribution < -0.4 is 5.32 Å². The minimum absolute atomic E-state index is 0.0380. The minimum atomic E-state index is -0.0380. The van der Waals surface area contributed by atoms with Gasteiger partial charge in [0.15, 0.2) is 0 Å². The van der Waals surface area contributed by atoms with Crippen LogP contribution in [0.15, 0.2) is 18.2 Å². The van der Waals surface area contributed by atoms with E-state index in [2.05, 4.69) is 10.2 Å². The molecule has 1 aliphatic rings. The van der Waals surface area contributed by atoms with E-state index < -0.39 is 0 Å². The SMILES string of the molecule is Cc1ccc(Cl)cc1NC(=O)CN1CCC(CO)C1. The molecule has 0 bridgehead atoms. The van der Waals surface area contributed by atoms with Gasteiger partial charge in [-0.1, -0.05) is 17.7 Å². The maximum atomic E-state index is 12.0. The van der Waals surface area contributed by atoms with Gasteiger partial charge in [-0.15, -0.1) is 0 Å². The Hall–Kier alpha value is -1.10. The molecule has 0 saturated carbocycles. The fraction of sp³-hybridized carbons (Fsp3) is 0.500. The standard InChI is InChI=1S/C14H19ClN2O2/c1-10-2-3-12(15)6-13(10)16-14(19)8-17-5-4-11(7-17)9-18/h2-3,6,11,18H,4-5,7-9H2,1H3,(H,16,19). The Morgan fingerprint density at radius 3 is 3.05 bits per heavy atom. The zero-order valence-electron chi connectivity index (χ0n) is 11.0. The van der Waals surface area contributed by atoms with Crippen molar-refractivity contribution in [1.82, 2.24) is 4.90 Å². The lowest BCUT2D eigenvalue weighted by Crippen LogP contribution is -2.32. The summed E-state index contributed by atoms with van der Waals surface area (Å²) in [7, 11) is 0. The van der Waals surface area contributed by atoms with Crippen molar-refractivity contribution in [2.24, 2.45) is 5.92 Å². The molecule has 104 valence electrons. The molecule has 2 rings (SSSR count). The predicted molar refractivity (Wildman–Crippen MR) is 76.5 cm³/mol. The monoisotopic (exact) mass is 282 g/mol. The Morgan fingerprint density at radius 2 is 2.37 bits per heavy atom. The van der Waals surface area contributed by atoms with Gasteiger partial charge in [-0.05, 0) is 43.5 Å². The number of benzene rings is 1. The summed E-state index contributed by atoms with van der Waals surface area (Å²) in [6.45, 7) is 4.16. The third-order valence-electron chi connectivity index (χ3n) is 3.47. The van der Waals surface area contributed by atoms with Gasteiger partial charge in [-0.3, -0.25) is 9.69 Å². The van der Waals surface area contributed by atoms with Gasteiger partial charge >= 0.3 is 0 Å². The van der Waals surface area contributed by atoms with E-state index >= 15 is 0 Å². The van der Waals surface area contributed by atoms with E-state index in [1.54, 1.807) is 12.1 Å². The van der Waals surface area contributed by atoms with Gasteiger partial charge in [0.25, 0.3) is 0 Å². The van der Waals surface area contributed by atoms with E-state index in [-0.39, 0.29) is 12.5 Å². The highest BCUT2D eigenvalue weighted by molar-refractivity contribution is 6.31. The molecule has 4 nitrogen and oxygen atoms in total. The van der Waals surface area contributed by atoms with Crippen molar-refractivity contribution in [2.75, 3.05) is 31.6 Å². The van der Waals surface area contributed by atoms with Crippen molar-refractivity contribution in [3.05, 3.63) is 28.8 Å². The molecule has 0 radical (unpaired) electrons. The fourth-order valence-electron chi connectivity index (χ4n) is 2.33. The molecule has 0 aliphatic carbocycles. The van der Waals surface area contributed by atoms with Crippen LogP contribution in [0.1, 0.15) is 12.0 Å². The summed E-state index contributed by atoms with van der Waals surface area (Å²) in [5.74, 6) is 0.268. The molecular weight excluding hydrogens is 264 g/mol. The first kappa shape index (κ1) is 14.3. The van der Waals surface area contributed by atoms with Crippen LogP contribution in [0.4, 0.5) is 5.69 Å². The maximum absolute atomic E-state index is 12.0. The summed E-state index contributed by atoms with van der Waals surface area (Å²) in [4.78, 5) is 14.0. The molecule has 0 aromatic heterocycles. The Bertz CT molecular complexity index is 465. The Labute approximate surface area is 118 Å². The summed E-state index contributed by atoms with van der Waals surface area (Å²) in [5, 5.41) is 12.6. The number of anilines is 1. The lowest BCUT2D eigenvalue weighted by atomic mass is 10.1. The summed E-state index contributed by atoms with van der Waals surface area (Å²) in [6, 6.07) is 5.45. The molecule has 2 N–H and O–H groups in total. The lowest BCUT2D eigenvalue weighted by Gasteiger charge is -2.16. The normalized spacial score (nSPS) is 19.6. The number of likely N-dealkylation sites (tertiary alicyclic amines) is 1. The molecule has 19 heavy (non-hydrogen) atoms. The molecule has 1 heterocycles. The molecule has 1 fully saturated rings. The summed E-state index contributed by atoms with van der Waals surface area (Å²) in [5.41, 5.74) is 1.75. The van der Waals surface area contributed by atoms with Crippen molar-refractivity contribution in [3.8, 4) is 0 Å². The number of hydrogen-bond donors (Lipinski definition) is 2. The van der Waals surface area contributed by atoms with E-state index in [1.807, 2.05) is 13.0 Å². The van der Waals surface area contributed by atoms with Gasteiger partial charge in [-0.25, -0.2) is 0 Å². The highest BCUT2D eigenvalue weighted by atomic mass is 35.5. The Balaban J connectivity index is 1.89. The molecule has 0 spiro atoms. The molecular formula is C14H19ClN2O2. The first-order chi connectivity index (χ1) is 9.08. The number of amides is 1. The van der Waals surface area contributed by atoms with Gasteiger partial charge in [-0.2, -0.15) is 0 Å². The molecule has 1 aromatic carbocycles. The number of carbonyl (C=O) groups is 1. The Kier molecular flexibility index (Phi) is 4.80. The molecule has 1 atom stereocenters. The number of aliphatic hydroxyl groups is 1. The van der Waals surface area contributed by atoms with Crippen molar-refractivity contribution in [2.45, 2.75) is 13.3 Å². The number of rotatable bonds is 4. The first-order valence-electron chi connectivity index (χ1n) is 6.47. The quantitative estimate of drug-likeness (QED) is 0.887. The average Bonchev–Trinajstić information content (AvgIpc) is 2.81. The van der Waals surface area contributed by atoms with Crippen molar-refractivity contribution in [3.63, 3.8) is 0 Å². The van der Waals surface area contributed by atoms with Gasteiger partial charge < -0.3 is 10.4 Å². The van der Waals surface area contributed by atoms with Gasteiger partial charge in [0.05, 0.1) is 6.54 Å². The van der Waals surface area contributed by atoms with E-state index in [0.29, 0.717) is 17.5 Å². The van der Waals surface area contributed by atoms with Gasteiger partial charge in [0.2, 0.25) is 5.91 Å². The lowest BCUT2D eigenvalue weighted by molar-refractivity contribution is -0.117. The van der Waals surface area contributed by atoms with Crippen LogP contribution in [0.3, 0.4) is 0 Å². The Morgan fingerprint density at radius 1 is 1.58 bits per heavy atom. The second kappa shape index (κ2) is 6.37. The van der Waals surface area contributed by atoms with Crippen molar-refractivity contribution in [1.29, 1.82) is 0 Å². The molecule has 1 aliphatic heterocycles. The van der Waals surface area contributed by atoms with Crippen LogP contribution in [0, 0.1) is 12.8 Å². The number of aliphatic hydroxyl groups excluding tert-OH is 1. The molecule has 1 saturated heterocycles. The molecule has 1 aromatic rings. The van der Waals surface area contributed by atoms with E-state index in [4.69, 9.17) is 16.7 Å².